The molecule has 3 nitrogen and oxygen atoms in total. The van der Waals surface area contributed by atoms with Crippen molar-refractivity contribution in [3.63, 3.8) is 0 Å². The van der Waals surface area contributed by atoms with Gasteiger partial charge in [0.1, 0.15) is 0 Å². The van der Waals surface area contributed by atoms with Crippen molar-refractivity contribution >= 4 is 0 Å². The fourth-order valence-corrected chi connectivity index (χ4v) is 2.49. The summed E-state index contributed by atoms with van der Waals surface area (Å²) in [6.07, 6.45) is 6.33. The largest absolute Gasteiger partial charge is 0.425 e. The SMILES string of the molecule is CC1=CC(C)(C)C=CC1c1cc(C)cc(=O)n1O. The van der Waals surface area contributed by atoms with Gasteiger partial charge in [-0.25, -0.2) is 0 Å². The maximum atomic E-state index is 11.6. The van der Waals surface area contributed by atoms with E-state index in [1.165, 1.54) is 6.07 Å². The van der Waals surface area contributed by atoms with E-state index in [2.05, 4.69) is 32.1 Å². The third-order valence-electron chi connectivity index (χ3n) is 3.31. The smallest absolute Gasteiger partial charge is 0.283 e. The van der Waals surface area contributed by atoms with Crippen molar-refractivity contribution in [2.75, 3.05) is 0 Å². The van der Waals surface area contributed by atoms with E-state index < -0.39 is 0 Å². The molecule has 0 fully saturated rings. The fraction of sp³-hybridized carbons (Fsp3) is 0.400. The van der Waals surface area contributed by atoms with Crippen molar-refractivity contribution in [2.45, 2.75) is 33.6 Å². The van der Waals surface area contributed by atoms with Gasteiger partial charge in [0.2, 0.25) is 0 Å². The molecule has 0 bridgehead atoms. The van der Waals surface area contributed by atoms with Crippen molar-refractivity contribution < 1.29 is 5.21 Å². The van der Waals surface area contributed by atoms with E-state index >= 15 is 0 Å². The number of aromatic nitrogens is 1. The highest BCUT2D eigenvalue weighted by Gasteiger charge is 2.23. The summed E-state index contributed by atoms with van der Waals surface area (Å²) in [7, 11) is 0. The Balaban J connectivity index is 2.52. The zero-order valence-corrected chi connectivity index (χ0v) is 11.3. The first-order valence-electron chi connectivity index (χ1n) is 6.12. The van der Waals surface area contributed by atoms with Crippen molar-refractivity contribution in [3.05, 3.63) is 57.5 Å². The minimum absolute atomic E-state index is 0.0318. The van der Waals surface area contributed by atoms with E-state index in [-0.39, 0.29) is 16.9 Å². The average molecular weight is 245 g/mol. The number of pyridine rings is 1. The quantitative estimate of drug-likeness (QED) is 0.610. The van der Waals surface area contributed by atoms with Crippen LogP contribution in [0.3, 0.4) is 0 Å². The second kappa shape index (κ2) is 4.16. The minimum Gasteiger partial charge on any atom is -0.425 e. The van der Waals surface area contributed by atoms with Crippen LogP contribution in [0.5, 0.6) is 0 Å². The Kier molecular flexibility index (Phi) is 2.93. The number of allylic oxidation sites excluding steroid dienone is 4. The molecule has 1 aromatic heterocycles. The summed E-state index contributed by atoms with van der Waals surface area (Å²) < 4.78 is 0.748. The molecule has 0 spiro atoms. The second-order valence-electron chi connectivity index (χ2n) is 5.65. The molecule has 0 aliphatic heterocycles. The van der Waals surface area contributed by atoms with Crippen LogP contribution in [-0.2, 0) is 0 Å². The molecule has 1 heterocycles. The molecule has 18 heavy (non-hydrogen) atoms. The molecule has 1 unspecified atom stereocenters. The lowest BCUT2D eigenvalue weighted by Gasteiger charge is -2.27. The second-order valence-corrected chi connectivity index (χ2v) is 5.65. The van der Waals surface area contributed by atoms with Crippen LogP contribution in [0.1, 0.15) is 37.9 Å². The number of rotatable bonds is 1. The Bertz CT molecular complexity index is 591. The van der Waals surface area contributed by atoms with E-state index in [1.807, 2.05) is 19.9 Å². The van der Waals surface area contributed by atoms with Crippen molar-refractivity contribution in [2.24, 2.45) is 5.41 Å². The van der Waals surface area contributed by atoms with Gasteiger partial charge in [0, 0.05) is 17.4 Å². The van der Waals surface area contributed by atoms with E-state index in [1.54, 1.807) is 0 Å². The molecule has 1 N–H and O–H groups in total. The summed E-state index contributed by atoms with van der Waals surface area (Å²) in [6, 6.07) is 3.28. The van der Waals surface area contributed by atoms with Gasteiger partial charge in [-0.3, -0.25) is 4.79 Å². The Labute approximate surface area is 107 Å². The van der Waals surface area contributed by atoms with Gasteiger partial charge in [-0.2, -0.15) is 4.73 Å². The molecule has 1 aromatic rings. The van der Waals surface area contributed by atoms with Gasteiger partial charge in [-0.1, -0.05) is 37.6 Å². The van der Waals surface area contributed by atoms with Crippen LogP contribution < -0.4 is 5.56 Å². The van der Waals surface area contributed by atoms with Gasteiger partial charge < -0.3 is 5.21 Å². The maximum absolute atomic E-state index is 11.6. The molecule has 2 rings (SSSR count). The molecule has 0 saturated heterocycles. The molecular formula is C15H19NO2. The normalized spacial score (nSPS) is 21.8. The van der Waals surface area contributed by atoms with Crippen LogP contribution in [0, 0.1) is 12.3 Å². The molecule has 1 aliphatic carbocycles. The van der Waals surface area contributed by atoms with Gasteiger partial charge in [0.25, 0.3) is 5.56 Å². The molecule has 0 aromatic carbocycles. The fourth-order valence-electron chi connectivity index (χ4n) is 2.49. The molecule has 3 heteroatoms. The Morgan fingerprint density at radius 1 is 1.28 bits per heavy atom. The summed E-state index contributed by atoms with van der Waals surface area (Å²) in [5.74, 6) is -0.0318. The number of hydrogen-bond donors (Lipinski definition) is 1. The van der Waals surface area contributed by atoms with Crippen molar-refractivity contribution in [3.8, 4) is 0 Å². The topological polar surface area (TPSA) is 42.2 Å². The van der Waals surface area contributed by atoms with E-state index in [4.69, 9.17) is 0 Å². The zero-order chi connectivity index (χ0) is 13.5. The van der Waals surface area contributed by atoms with Crippen LogP contribution in [0.25, 0.3) is 0 Å². The lowest BCUT2D eigenvalue weighted by atomic mass is 9.80. The predicted octanol–water partition coefficient (Wildman–Crippen LogP) is 3.02. The maximum Gasteiger partial charge on any atom is 0.283 e. The first kappa shape index (κ1) is 12.7. The highest BCUT2D eigenvalue weighted by Crippen LogP contribution is 2.35. The monoisotopic (exact) mass is 245 g/mol. The Morgan fingerprint density at radius 2 is 1.94 bits per heavy atom. The standard InChI is InChI=1S/C15H19NO2/c1-10-7-13(16(18)14(17)8-10)12-5-6-15(3,4)9-11(12)2/h5-9,12,18H,1-4H3. The van der Waals surface area contributed by atoms with E-state index in [9.17, 15) is 10.0 Å². The molecule has 1 atom stereocenters. The predicted molar refractivity (Wildman–Crippen MR) is 72.0 cm³/mol. The van der Waals surface area contributed by atoms with Gasteiger partial charge >= 0.3 is 0 Å². The molecular weight excluding hydrogens is 226 g/mol. The van der Waals surface area contributed by atoms with Gasteiger partial charge in [0.05, 0.1) is 5.69 Å². The molecule has 1 aliphatic rings. The third kappa shape index (κ3) is 2.26. The summed E-state index contributed by atoms with van der Waals surface area (Å²) in [4.78, 5) is 11.6. The molecule has 0 amide bonds. The highest BCUT2D eigenvalue weighted by molar-refractivity contribution is 5.36. The van der Waals surface area contributed by atoms with Gasteiger partial charge in [-0.05, 0) is 25.5 Å². The van der Waals surface area contributed by atoms with Crippen LogP contribution in [0.2, 0.25) is 0 Å². The zero-order valence-electron chi connectivity index (χ0n) is 11.3. The van der Waals surface area contributed by atoms with E-state index in [0.717, 1.165) is 15.9 Å². The summed E-state index contributed by atoms with van der Waals surface area (Å²) in [6.45, 7) is 8.15. The Hall–Kier alpha value is -1.77. The average Bonchev–Trinajstić information content (AvgIpc) is 2.23. The minimum atomic E-state index is -0.379. The van der Waals surface area contributed by atoms with Crippen LogP contribution >= 0.6 is 0 Å². The van der Waals surface area contributed by atoms with Crippen LogP contribution in [0.4, 0.5) is 0 Å². The lowest BCUT2D eigenvalue weighted by Crippen LogP contribution is -2.24. The summed E-state index contributed by atoms with van der Waals surface area (Å²) >= 11 is 0. The highest BCUT2D eigenvalue weighted by atomic mass is 16.5. The molecule has 0 saturated carbocycles. The number of aryl methyl sites for hydroxylation is 1. The number of hydrogen-bond acceptors (Lipinski definition) is 2. The summed E-state index contributed by atoms with van der Waals surface area (Å²) in [5.41, 5.74) is 2.29. The first-order valence-corrected chi connectivity index (χ1v) is 6.12. The van der Waals surface area contributed by atoms with Crippen molar-refractivity contribution in [1.82, 2.24) is 4.73 Å². The van der Waals surface area contributed by atoms with Gasteiger partial charge in [-0.15, -0.1) is 0 Å². The summed E-state index contributed by atoms with van der Waals surface area (Å²) in [5, 5.41) is 9.87. The van der Waals surface area contributed by atoms with Crippen molar-refractivity contribution in [1.29, 1.82) is 0 Å². The Morgan fingerprint density at radius 3 is 2.56 bits per heavy atom. The molecule has 0 radical (unpaired) electrons. The first-order chi connectivity index (χ1) is 8.30. The molecule has 96 valence electrons. The van der Waals surface area contributed by atoms with Gasteiger partial charge in [0.15, 0.2) is 0 Å². The van der Waals surface area contributed by atoms with Crippen LogP contribution in [0.15, 0.2) is 40.7 Å². The lowest BCUT2D eigenvalue weighted by molar-refractivity contribution is 0.164. The van der Waals surface area contributed by atoms with E-state index in [0.29, 0.717) is 5.69 Å². The van der Waals surface area contributed by atoms with Crippen LogP contribution in [-0.4, -0.2) is 9.94 Å². The third-order valence-corrected chi connectivity index (χ3v) is 3.31. The number of nitrogens with zero attached hydrogens (tertiary/aromatic N) is 1.